The lowest BCUT2D eigenvalue weighted by Crippen LogP contribution is -2.44. The van der Waals surface area contributed by atoms with Gasteiger partial charge in [0.1, 0.15) is 0 Å². The Balaban J connectivity index is 1.35. The average molecular weight is 393 g/mol. The van der Waals surface area contributed by atoms with Crippen LogP contribution in [0.3, 0.4) is 0 Å². The molecule has 0 aromatic heterocycles. The molecule has 2 fully saturated rings. The normalized spacial score (nSPS) is 21.1. The molecule has 3 amide bonds. The Labute approximate surface area is 166 Å². The van der Waals surface area contributed by atoms with Crippen molar-refractivity contribution in [2.24, 2.45) is 0 Å². The van der Waals surface area contributed by atoms with Gasteiger partial charge in [-0.15, -0.1) is 0 Å². The Kier molecular flexibility index (Phi) is 7.35. The second-order valence-corrected chi connectivity index (χ2v) is 7.83. The second-order valence-electron chi connectivity index (χ2n) is 7.39. The maximum atomic E-state index is 12.2. The number of nitrogens with one attached hydrogen (secondary N) is 2. The molecule has 2 aliphatic rings. The first-order valence-corrected chi connectivity index (χ1v) is 10.3. The lowest BCUT2D eigenvalue weighted by Gasteiger charge is -2.20. The summed E-state index contributed by atoms with van der Waals surface area (Å²) in [5, 5.41) is 6.47. The van der Waals surface area contributed by atoms with Gasteiger partial charge >= 0.3 is 6.03 Å². The number of urea groups is 1. The number of rotatable bonds is 6. The molecule has 7 heteroatoms. The molecule has 0 bridgehead atoms. The van der Waals surface area contributed by atoms with Crippen molar-refractivity contribution in [1.82, 2.24) is 15.5 Å². The van der Waals surface area contributed by atoms with Gasteiger partial charge in [-0.2, -0.15) is 0 Å². The summed E-state index contributed by atoms with van der Waals surface area (Å²) < 4.78 is 0. The molecule has 2 saturated heterocycles. The van der Waals surface area contributed by atoms with Crippen molar-refractivity contribution in [3.05, 3.63) is 29.3 Å². The molecule has 1 aromatic carbocycles. The zero-order chi connectivity index (χ0) is 19.1. The minimum atomic E-state index is -0.193. The summed E-state index contributed by atoms with van der Waals surface area (Å²) in [4.78, 5) is 28.5. The molecule has 0 saturated carbocycles. The molecule has 2 heterocycles. The van der Waals surface area contributed by atoms with Gasteiger partial charge in [0.2, 0.25) is 5.91 Å². The van der Waals surface area contributed by atoms with Crippen LogP contribution >= 0.6 is 11.6 Å². The van der Waals surface area contributed by atoms with Crippen LogP contribution in [0.1, 0.15) is 38.5 Å². The van der Waals surface area contributed by atoms with Crippen LogP contribution in [-0.4, -0.2) is 55.6 Å². The van der Waals surface area contributed by atoms with Gasteiger partial charge in [-0.1, -0.05) is 24.4 Å². The first-order chi connectivity index (χ1) is 13.1. The summed E-state index contributed by atoms with van der Waals surface area (Å²) in [5.74, 6) is 0.0174. The van der Waals surface area contributed by atoms with E-state index in [1.807, 2.05) is 12.1 Å². The van der Waals surface area contributed by atoms with E-state index < -0.39 is 0 Å². The zero-order valence-electron chi connectivity index (χ0n) is 15.8. The molecule has 148 valence electrons. The number of hydrogen-bond acceptors (Lipinski definition) is 3. The Morgan fingerprint density at radius 2 is 1.81 bits per heavy atom. The monoisotopic (exact) mass is 392 g/mol. The van der Waals surface area contributed by atoms with E-state index >= 15 is 0 Å². The SMILES string of the molecule is O=C(NCCCN1CCCCCC1)N[C@@H]1CC(=O)N(c2ccc(Cl)cc2)C1. The molecule has 0 spiro atoms. The van der Waals surface area contributed by atoms with Crippen LogP contribution in [0.4, 0.5) is 10.5 Å². The van der Waals surface area contributed by atoms with Crippen LogP contribution < -0.4 is 15.5 Å². The van der Waals surface area contributed by atoms with E-state index in [-0.39, 0.29) is 18.0 Å². The van der Waals surface area contributed by atoms with Crippen molar-refractivity contribution >= 4 is 29.2 Å². The number of amides is 3. The Hall–Kier alpha value is -1.79. The fraction of sp³-hybridized carbons (Fsp3) is 0.600. The van der Waals surface area contributed by atoms with Crippen molar-refractivity contribution in [1.29, 1.82) is 0 Å². The number of hydrogen-bond donors (Lipinski definition) is 2. The summed E-state index contributed by atoms with van der Waals surface area (Å²) in [5.41, 5.74) is 0.812. The smallest absolute Gasteiger partial charge is 0.315 e. The van der Waals surface area contributed by atoms with Crippen LogP contribution in [0.2, 0.25) is 5.02 Å². The summed E-state index contributed by atoms with van der Waals surface area (Å²) in [6.45, 7) is 4.53. The standard InChI is InChI=1S/C20H29ClN4O2/c21-16-6-8-18(9-7-16)25-15-17(14-19(25)26)23-20(27)22-10-5-13-24-11-3-1-2-4-12-24/h6-9,17H,1-5,10-15H2,(H2,22,23,27)/t17-/m1/s1. The van der Waals surface area contributed by atoms with Gasteiger partial charge in [-0.25, -0.2) is 4.79 Å². The minimum absolute atomic E-state index is 0.0174. The number of carbonyl (C=O) groups excluding carboxylic acids is 2. The van der Waals surface area contributed by atoms with E-state index in [0.717, 1.165) is 18.7 Å². The molecule has 6 nitrogen and oxygen atoms in total. The third kappa shape index (κ3) is 6.11. The van der Waals surface area contributed by atoms with Crippen LogP contribution in [0.25, 0.3) is 0 Å². The number of likely N-dealkylation sites (tertiary alicyclic amines) is 1. The van der Waals surface area contributed by atoms with Gasteiger partial charge < -0.3 is 20.4 Å². The first kappa shape index (κ1) is 20.0. The zero-order valence-corrected chi connectivity index (χ0v) is 16.5. The van der Waals surface area contributed by atoms with Gasteiger partial charge in [0, 0.05) is 30.2 Å². The largest absolute Gasteiger partial charge is 0.338 e. The molecule has 0 aliphatic carbocycles. The van der Waals surface area contributed by atoms with Crippen molar-refractivity contribution in [3.63, 3.8) is 0 Å². The molecule has 1 atom stereocenters. The van der Waals surface area contributed by atoms with Crippen LogP contribution in [0.5, 0.6) is 0 Å². The fourth-order valence-corrected chi connectivity index (χ4v) is 3.90. The van der Waals surface area contributed by atoms with E-state index in [2.05, 4.69) is 15.5 Å². The van der Waals surface area contributed by atoms with Crippen molar-refractivity contribution in [2.75, 3.05) is 37.6 Å². The summed E-state index contributed by atoms with van der Waals surface area (Å²) >= 11 is 5.90. The van der Waals surface area contributed by atoms with Crippen LogP contribution in [-0.2, 0) is 4.79 Å². The summed E-state index contributed by atoms with van der Waals surface area (Å²) in [7, 11) is 0. The number of halogens is 1. The number of benzene rings is 1. The molecule has 27 heavy (non-hydrogen) atoms. The van der Waals surface area contributed by atoms with Gasteiger partial charge in [0.15, 0.2) is 0 Å². The predicted molar refractivity (Wildman–Crippen MR) is 108 cm³/mol. The molecule has 1 aromatic rings. The van der Waals surface area contributed by atoms with E-state index in [0.29, 0.717) is 24.5 Å². The van der Waals surface area contributed by atoms with E-state index in [1.165, 1.54) is 38.8 Å². The summed E-state index contributed by atoms with van der Waals surface area (Å²) in [6, 6.07) is 6.82. The number of carbonyl (C=O) groups is 2. The molecular weight excluding hydrogens is 364 g/mol. The van der Waals surface area contributed by atoms with Gasteiger partial charge in [0.05, 0.1) is 6.04 Å². The van der Waals surface area contributed by atoms with Crippen molar-refractivity contribution in [2.45, 2.75) is 44.6 Å². The third-order valence-corrected chi connectivity index (χ3v) is 5.49. The number of anilines is 1. The van der Waals surface area contributed by atoms with E-state index in [4.69, 9.17) is 11.6 Å². The lowest BCUT2D eigenvalue weighted by atomic mass is 10.2. The summed E-state index contributed by atoms with van der Waals surface area (Å²) in [6.07, 6.45) is 6.52. The van der Waals surface area contributed by atoms with Crippen LogP contribution in [0.15, 0.2) is 24.3 Å². The highest BCUT2D eigenvalue weighted by Crippen LogP contribution is 2.23. The Bertz CT molecular complexity index is 629. The van der Waals surface area contributed by atoms with E-state index in [9.17, 15) is 9.59 Å². The maximum absolute atomic E-state index is 12.2. The minimum Gasteiger partial charge on any atom is -0.338 e. The van der Waals surface area contributed by atoms with E-state index in [1.54, 1.807) is 17.0 Å². The molecule has 2 N–H and O–H groups in total. The highest BCUT2D eigenvalue weighted by atomic mass is 35.5. The highest BCUT2D eigenvalue weighted by molar-refractivity contribution is 6.30. The highest BCUT2D eigenvalue weighted by Gasteiger charge is 2.31. The topological polar surface area (TPSA) is 64.7 Å². The molecule has 2 aliphatic heterocycles. The van der Waals surface area contributed by atoms with Crippen molar-refractivity contribution in [3.8, 4) is 0 Å². The predicted octanol–water partition coefficient (Wildman–Crippen LogP) is 3.01. The Morgan fingerprint density at radius 3 is 2.52 bits per heavy atom. The lowest BCUT2D eigenvalue weighted by molar-refractivity contribution is -0.117. The molecular formula is C20H29ClN4O2. The van der Waals surface area contributed by atoms with Crippen LogP contribution in [0, 0.1) is 0 Å². The maximum Gasteiger partial charge on any atom is 0.315 e. The van der Waals surface area contributed by atoms with Gasteiger partial charge in [-0.3, -0.25) is 4.79 Å². The van der Waals surface area contributed by atoms with Gasteiger partial charge in [0.25, 0.3) is 0 Å². The Morgan fingerprint density at radius 1 is 1.11 bits per heavy atom. The fourth-order valence-electron chi connectivity index (χ4n) is 3.78. The molecule has 0 unspecified atom stereocenters. The second kappa shape index (κ2) is 9.95. The van der Waals surface area contributed by atoms with Crippen molar-refractivity contribution < 1.29 is 9.59 Å². The third-order valence-electron chi connectivity index (χ3n) is 5.23. The number of nitrogens with zero attached hydrogens (tertiary/aromatic N) is 2. The molecule has 3 rings (SSSR count). The van der Waals surface area contributed by atoms with Gasteiger partial charge in [-0.05, 0) is 63.2 Å². The average Bonchev–Trinajstić information content (AvgIpc) is 2.84. The molecule has 0 radical (unpaired) electrons. The quantitative estimate of drug-likeness (QED) is 0.731. The first-order valence-electron chi connectivity index (χ1n) is 9.94.